The van der Waals surface area contributed by atoms with E-state index in [-0.39, 0.29) is 5.48 Å². The standard InChI is InChI=1S/C9H8Cl2O.H2O/c10-8(6-12)5-7-3-1-2-4-9(7)11;/h1-4,6,8H,5H2;1H2. The van der Waals surface area contributed by atoms with Crippen molar-refractivity contribution in [1.29, 1.82) is 0 Å². The Balaban J connectivity index is 0.00000144. The molecule has 0 spiro atoms. The van der Waals surface area contributed by atoms with E-state index in [9.17, 15) is 4.79 Å². The van der Waals surface area contributed by atoms with Gasteiger partial charge in [0.2, 0.25) is 0 Å². The second-order valence-corrected chi connectivity index (χ2v) is 3.42. The molecule has 0 aliphatic rings. The van der Waals surface area contributed by atoms with Crippen LogP contribution >= 0.6 is 23.2 Å². The topological polar surface area (TPSA) is 48.6 Å². The van der Waals surface area contributed by atoms with E-state index >= 15 is 0 Å². The number of hydrogen-bond acceptors (Lipinski definition) is 1. The average Bonchev–Trinajstić information content (AvgIpc) is 2.09. The van der Waals surface area contributed by atoms with E-state index < -0.39 is 5.38 Å². The summed E-state index contributed by atoms with van der Waals surface area (Å²) in [4.78, 5) is 10.2. The summed E-state index contributed by atoms with van der Waals surface area (Å²) >= 11 is 11.5. The second-order valence-electron chi connectivity index (χ2n) is 2.45. The third-order valence-corrected chi connectivity index (χ3v) is 2.15. The Bertz CT molecular complexity index is 276. The van der Waals surface area contributed by atoms with Crippen LogP contribution in [0.1, 0.15) is 5.56 Å². The van der Waals surface area contributed by atoms with Gasteiger partial charge in [-0.25, -0.2) is 0 Å². The van der Waals surface area contributed by atoms with Crippen molar-refractivity contribution in [1.82, 2.24) is 0 Å². The Kier molecular flexibility index (Phi) is 5.71. The minimum absolute atomic E-state index is 0. The molecule has 2 N–H and O–H groups in total. The number of rotatable bonds is 3. The quantitative estimate of drug-likeness (QED) is 0.567. The molecule has 0 bridgehead atoms. The third kappa shape index (κ3) is 3.77. The highest BCUT2D eigenvalue weighted by Gasteiger charge is 2.05. The SMILES string of the molecule is O.O=CC(Cl)Cc1ccccc1Cl. The largest absolute Gasteiger partial charge is 0.412 e. The van der Waals surface area contributed by atoms with E-state index in [1.807, 2.05) is 18.2 Å². The van der Waals surface area contributed by atoms with E-state index in [4.69, 9.17) is 23.2 Å². The van der Waals surface area contributed by atoms with Crippen molar-refractivity contribution in [2.75, 3.05) is 0 Å². The second kappa shape index (κ2) is 5.97. The van der Waals surface area contributed by atoms with Crippen molar-refractivity contribution in [2.24, 2.45) is 0 Å². The van der Waals surface area contributed by atoms with Gasteiger partial charge in [-0.3, -0.25) is 0 Å². The van der Waals surface area contributed by atoms with E-state index in [1.165, 1.54) is 0 Å². The molecule has 0 aromatic heterocycles. The molecule has 72 valence electrons. The molecule has 0 aliphatic carbocycles. The highest BCUT2D eigenvalue weighted by Crippen LogP contribution is 2.17. The minimum Gasteiger partial charge on any atom is -0.412 e. The number of halogens is 2. The average molecular weight is 221 g/mol. The maximum Gasteiger partial charge on any atom is 0.138 e. The molecular formula is C9H10Cl2O2. The van der Waals surface area contributed by atoms with Gasteiger partial charge in [0.05, 0.1) is 5.38 Å². The summed E-state index contributed by atoms with van der Waals surface area (Å²) in [5.41, 5.74) is 0.909. The smallest absolute Gasteiger partial charge is 0.138 e. The van der Waals surface area contributed by atoms with Crippen LogP contribution in [0.3, 0.4) is 0 Å². The lowest BCUT2D eigenvalue weighted by molar-refractivity contribution is -0.107. The molecule has 1 rings (SSSR count). The van der Waals surface area contributed by atoms with E-state index in [0.29, 0.717) is 17.7 Å². The summed E-state index contributed by atoms with van der Waals surface area (Å²) in [6.45, 7) is 0. The Hall–Kier alpha value is -0.570. The van der Waals surface area contributed by atoms with Crippen LogP contribution in [0.4, 0.5) is 0 Å². The number of carbonyl (C=O) groups is 1. The molecule has 0 aliphatic heterocycles. The Morgan fingerprint density at radius 2 is 2.00 bits per heavy atom. The molecule has 2 nitrogen and oxygen atoms in total. The van der Waals surface area contributed by atoms with Gasteiger partial charge < -0.3 is 10.3 Å². The van der Waals surface area contributed by atoms with Crippen LogP contribution in [-0.4, -0.2) is 17.1 Å². The lowest BCUT2D eigenvalue weighted by Gasteiger charge is -2.03. The number of hydrogen-bond donors (Lipinski definition) is 0. The van der Waals surface area contributed by atoms with Crippen LogP contribution in [0.25, 0.3) is 0 Å². The van der Waals surface area contributed by atoms with Gasteiger partial charge in [-0.15, -0.1) is 11.6 Å². The fraction of sp³-hybridized carbons (Fsp3) is 0.222. The van der Waals surface area contributed by atoms with Crippen molar-refractivity contribution in [3.63, 3.8) is 0 Å². The minimum atomic E-state index is -0.482. The molecule has 0 fully saturated rings. The number of benzene rings is 1. The van der Waals surface area contributed by atoms with Gasteiger partial charge in [0.15, 0.2) is 0 Å². The third-order valence-electron chi connectivity index (χ3n) is 1.52. The van der Waals surface area contributed by atoms with Crippen molar-refractivity contribution in [3.05, 3.63) is 34.9 Å². The van der Waals surface area contributed by atoms with Gasteiger partial charge in [-0.05, 0) is 18.1 Å². The van der Waals surface area contributed by atoms with Gasteiger partial charge >= 0.3 is 0 Å². The predicted octanol–water partition coefficient (Wildman–Crippen LogP) is 1.86. The summed E-state index contributed by atoms with van der Waals surface area (Å²) in [6, 6.07) is 7.36. The normalized spacial score (nSPS) is 11.5. The number of carbonyl (C=O) groups excluding carboxylic acids is 1. The molecular weight excluding hydrogens is 211 g/mol. The molecule has 0 saturated heterocycles. The molecule has 0 radical (unpaired) electrons. The molecule has 1 aromatic rings. The fourth-order valence-electron chi connectivity index (χ4n) is 0.922. The van der Waals surface area contributed by atoms with Gasteiger partial charge in [-0.1, -0.05) is 29.8 Å². The van der Waals surface area contributed by atoms with Gasteiger partial charge in [0, 0.05) is 5.02 Å². The zero-order valence-corrected chi connectivity index (χ0v) is 8.35. The molecule has 0 heterocycles. The van der Waals surface area contributed by atoms with Crippen molar-refractivity contribution >= 4 is 29.5 Å². The van der Waals surface area contributed by atoms with Gasteiger partial charge in [-0.2, -0.15) is 0 Å². The van der Waals surface area contributed by atoms with Crippen LogP contribution in [0.5, 0.6) is 0 Å². The Labute approximate surface area is 86.8 Å². The molecule has 1 aromatic carbocycles. The van der Waals surface area contributed by atoms with E-state index in [1.54, 1.807) is 6.07 Å². The van der Waals surface area contributed by atoms with E-state index in [0.717, 1.165) is 5.56 Å². The van der Waals surface area contributed by atoms with Gasteiger partial charge in [0.25, 0.3) is 0 Å². The highest BCUT2D eigenvalue weighted by atomic mass is 35.5. The molecule has 1 atom stereocenters. The molecule has 0 amide bonds. The maximum absolute atomic E-state index is 10.2. The molecule has 0 saturated carbocycles. The maximum atomic E-state index is 10.2. The predicted molar refractivity (Wildman–Crippen MR) is 54.5 cm³/mol. The lowest BCUT2D eigenvalue weighted by Crippen LogP contribution is -2.04. The summed E-state index contributed by atoms with van der Waals surface area (Å²) in [6.07, 6.45) is 1.20. The number of alkyl halides is 1. The Morgan fingerprint density at radius 1 is 1.38 bits per heavy atom. The zero-order valence-electron chi connectivity index (χ0n) is 6.84. The monoisotopic (exact) mass is 220 g/mol. The van der Waals surface area contributed by atoms with Crippen LogP contribution in [0.2, 0.25) is 5.02 Å². The Morgan fingerprint density at radius 3 is 2.54 bits per heavy atom. The van der Waals surface area contributed by atoms with Crippen LogP contribution < -0.4 is 0 Å². The summed E-state index contributed by atoms with van der Waals surface area (Å²) in [5.74, 6) is 0. The summed E-state index contributed by atoms with van der Waals surface area (Å²) in [5, 5.41) is 0.176. The van der Waals surface area contributed by atoms with Crippen LogP contribution in [-0.2, 0) is 11.2 Å². The fourth-order valence-corrected chi connectivity index (χ4v) is 1.30. The van der Waals surface area contributed by atoms with Crippen molar-refractivity contribution < 1.29 is 10.3 Å². The summed E-state index contributed by atoms with van der Waals surface area (Å²) < 4.78 is 0. The first kappa shape index (κ1) is 12.4. The number of aldehydes is 1. The molecule has 13 heavy (non-hydrogen) atoms. The van der Waals surface area contributed by atoms with Crippen LogP contribution in [0, 0.1) is 0 Å². The van der Waals surface area contributed by atoms with Crippen molar-refractivity contribution in [2.45, 2.75) is 11.8 Å². The van der Waals surface area contributed by atoms with Crippen molar-refractivity contribution in [3.8, 4) is 0 Å². The van der Waals surface area contributed by atoms with E-state index in [2.05, 4.69) is 0 Å². The first-order chi connectivity index (χ1) is 5.74. The first-order valence-electron chi connectivity index (χ1n) is 3.57. The molecule has 4 heteroatoms. The molecule has 1 unspecified atom stereocenters. The highest BCUT2D eigenvalue weighted by molar-refractivity contribution is 6.31. The first-order valence-corrected chi connectivity index (χ1v) is 4.38. The van der Waals surface area contributed by atoms with Gasteiger partial charge in [0.1, 0.15) is 6.29 Å². The van der Waals surface area contributed by atoms with Crippen LogP contribution in [0.15, 0.2) is 24.3 Å². The zero-order chi connectivity index (χ0) is 8.97. The lowest BCUT2D eigenvalue weighted by atomic mass is 10.1. The summed E-state index contributed by atoms with van der Waals surface area (Å²) in [7, 11) is 0.